The van der Waals surface area contributed by atoms with Gasteiger partial charge in [0.25, 0.3) is 10.0 Å². The Morgan fingerprint density at radius 3 is 2.52 bits per heavy atom. The first-order valence-electron chi connectivity index (χ1n) is 9.94. The van der Waals surface area contributed by atoms with Gasteiger partial charge >= 0.3 is 6.09 Å². The Kier molecular flexibility index (Phi) is 6.38. The molecule has 2 heterocycles. The molecule has 8 nitrogen and oxygen atoms in total. The number of fused-ring (bicyclic) bond motifs is 1. The number of nitrogens with one attached hydrogen (secondary N) is 2. The minimum Gasteiger partial charge on any atom is -0.465 e. The van der Waals surface area contributed by atoms with E-state index >= 15 is 0 Å². The number of benzene rings is 2. The van der Waals surface area contributed by atoms with Gasteiger partial charge in [-0.05, 0) is 42.8 Å². The number of aromatic nitrogens is 1. The van der Waals surface area contributed by atoms with Crippen molar-refractivity contribution < 1.29 is 18.3 Å². The Morgan fingerprint density at radius 1 is 1.15 bits per heavy atom. The van der Waals surface area contributed by atoms with Gasteiger partial charge in [0, 0.05) is 6.42 Å². The van der Waals surface area contributed by atoms with Crippen LogP contribution in [0.25, 0.3) is 0 Å². The molecule has 2 aromatic carbocycles. The average molecular weight is 507 g/mol. The maximum atomic E-state index is 13.6. The van der Waals surface area contributed by atoms with Crippen molar-refractivity contribution in [3.63, 3.8) is 0 Å². The summed E-state index contributed by atoms with van der Waals surface area (Å²) >= 11 is 12.5. The monoisotopic (exact) mass is 506 g/mol. The maximum absolute atomic E-state index is 13.6. The first kappa shape index (κ1) is 23.2. The molecule has 0 fully saturated rings. The van der Waals surface area contributed by atoms with Crippen LogP contribution in [0.4, 0.5) is 21.9 Å². The molecule has 11 heteroatoms. The SMILES string of the molecule is Cc1cccc(S(=O)(=O)N2CC(NC(=O)O)Cc3ncc(Nc4c(Cl)cccc4Cl)cc32)c1. The van der Waals surface area contributed by atoms with Gasteiger partial charge in [0.05, 0.1) is 56.5 Å². The number of nitrogens with zero attached hydrogens (tertiary/aromatic N) is 2. The van der Waals surface area contributed by atoms with Crippen molar-refractivity contribution >= 4 is 56.4 Å². The lowest BCUT2D eigenvalue weighted by atomic mass is 10.0. The first-order chi connectivity index (χ1) is 15.6. The first-order valence-corrected chi connectivity index (χ1v) is 12.1. The smallest absolute Gasteiger partial charge is 0.404 e. The van der Waals surface area contributed by atoms with Crippen LogP contribution >= 0.6 is 23.2 Å². The van der Waals surface area contributed by atoms with Crippen molar-refractivity contribution in [2.75, 3.05) is 16.2 Å². The van der Waals surface area contributed by atoms with E-state index in [0.717, 1.165) is 5.56 Å². The number of carboxylic acid groups (broad SMARTS) is 1. The van der Waals surface area contributed by atoms with Crippen LogP contribution in [0.2, 0.25) is 10.0 Å². The van der Waals surface area contributed by atoms with Gasteiger partial charge in [-0.25, -0.2) is 13.2 Å². The number of aryl methyl sites for hydroxylation is 1. The molecule has 172 valence electrons. The molecule has 1 aromatic heterocycles. The molecule has 0 bridgehead atoms. The summed E-state index contributed by atoms with van der Waals surface area (Å²) in [5.74, 6) is 0. The highest BCUT2D eigenvalue weighted by Gasteiger charge is 2.35. The normalized spacial score (nSPS) is 15.6. The van der Waals surface area contributed by atoms with Crippen molar-refractivity contribution in [2.24, 2.45) is 0 Å². The molecular formula is C22H20Cl2N4O4S. The number of amides is 1. The van der Waals surface area contributed by atoms with Gasteiger partial charge in [0.1, 0.15) is 0 Å². The Hall–Kier alpha value is -3.01. The molecule has 3 N–H and O–H groups in total. The molecule has 1 amide bonds. The van der Waals surface area contributed by atoms with Crippen LogP contribution in [0.3, 0.4) is 0 Å². The van der Waals surface area contributed by atoms with Gasteiger partial charge in [-0.2, -0.15) is 0 Å². The Balaban J connectivity index is 1.78. The van der Waals surface area contributed by atoms with Gasteiger partial charge in [-0.1, -0.05) is 41.4 Å². The summed E-state index contributed by atoms with van der Waals surface area (Å²) in [7, 11) is -3.99. The van der Waals surface area contributed by atoms with E-state index in [1.807, 2.05) is 0 Å². The predicted octanol–water partition coefficient (Wildman–Crippen LogP) is 4.83. The van der Waals surface area contributed by atoms with Crippen LogP contribution in [0.15, 0.2) is 59.6 Å². The van der Waals surface area contributed by atoms with E-state index < -0.39 is 22.2 Å². The largest absolute Gasteiger partial charge is 0.465 e. The summed E-state index contributed by atoms with van der Waals surface area (Å²) in [6, 6.07) is 12.6. The van der Waals surface area contributed by atoms with Crippen LogP contribution in [0.5, 0.6) is 0 Å². The number of anilines is 3. The summed E-state index contributed by atoms with van der Waals surface area (Å²) < 4.78 is 28.3. The Bertz CT molecular complexity index is 1310. The molecule has 1 aliphatic rings. The highest BCUT2D eigenvalue weighted by molar-refractivity contribution is 7.92. The number of halogens is 2. The highest BCUT2D eigenvalue weighted by Crippen LogP contribution is 2.36. The summed E-state index contributed by atoms with van der Waals surface area (Å²) in [6.45, 7) is 1.72. The molecule has 0 radical (unpaired) electrons. The van der Waals surface area contributed by atoms with Crippen LogP contribution in [0, 0.1) is 6.92 Å². The van der Waals surface area contributed by atoms with Gasteiger partial charge < -0.3 is 15.7 Å². The summed E-state index contributed by atoms with van der Waals surface area (Å²) in [5.41, 5.74) is 2.55. The zero-order valence-corrected chi connectivity index (χ0v) is 19.7. The third-order valence-electron chi connectivity index (χ3n) is 5.18. The second-order valence-electron chi connectivity index (χ2n) is 7.61. The number of rotatable bonds is 5. The van der Waals surface area contributed by atoms with Gasteiger partial charge in [0.15, 0.2) is 0 Å². The van der Waals surface area contributed by atoms with Crippen LogP contribution in [-0.4, -0.2) is 37.2 Å². The van der Waals surface area contributed by atoms with Crippen LogP contribution in [0.1, 0.15) is 11.3 Å². The van der Waals surface area contributed by atoms with Crippen molar-refractivity contribution in [3.05, 3.63) is 76.0 Å². The molecule has 0 saturated carbocycles. The lowest BCUT2D eigenvalue weighted by Crippen LogP contribution is -2.50. The quantitative estimate of drug-likeness (QED) is 0.456. The molecular weight excluding hydrogens is 487 g/mol. The average Bonchev–Trinajstić information content (AvgIpc) is 2.75. The number of para-hydroxylation sites is 1. The zero-order valence-electron chi connectivity index (χ0n) is 17.4. The van der Waals surface area contributed by atoms with Gasteiger partial charge in [-0.15, -0.1) is 0 Å². The maximum Gasteiger partial charge on any atom is 0.404 e. The highest BCUT2D eigenvalue weighted by atomic mass is 35.5. The van der Waals surface area contributed by atoms with Crippen molar-refractivity contribution in [1.29, 1.82) is 0 Å². The molecule has 3 aromatic rings. The minimum atomic E-state index is -3.99. The molecule has 33 heavy (non-hydrogen) atoms. The molecule has 1 atom stereocenters. The van der Waals surface area contributed by atoms with E-state index in [-0.39, 0.29) is 17.9 Å². The topological polar surface area (TPSA) is 112 Å². The number of sulfonamides is 1. The molecule has 0 spiro atoms. The summed E-state index contributed by atoms with van der Waals surface area (Å²) in [6.07, 6.45) is 0.538. The van der Waals surface area contributed by atoms with Crippen LogP contribution in [-0.2, 0) is 16.4 Å². The van der Waals surface area contributed by atoms with Crippen molar-refractivity contribution in [1.82, 2.24) is 10.3 Å². The molecule has 0 saturated heterocycles. The third-order valence-corrected chi connectivity index (χ3v) is 7.58. The summed E-state index contributed by atoms with van der Waals surface area (Å²) in [5, 5.41) is 15.5. The minimum absolute atomic E-state index is 0.0758. The van der Waals surface area contributed by atoms with E-state index in [1.165, 1.54) is 16.6 Å². The number of carbonyl (C=O) groups is 1. The second-order valence-corrected chi connectivity index (χ2v) is 10.3. The standard InChI is InChI=1S/C22H20Cl2N4O4S/c1-13-4-2-5-16(8-13)33(31,32)28-12-15(27-22(29)30)9-19-20(28)10-14(11-25-19)26-21-17(23)6-3-7-18(21)24/h2-8,10-11,15,26-27H,9,12H2,1H3,(H,29,30). The lowest BCUT2D eigenvalue weighted by molar-refractivity contribution is 0.190. The van der Waals surface area contributed by atoms with Crippen LogP contribution < -0.4 is 14.9 Å². The fourth-order valence-corrected chi connectivity index (χ4v) is 5.81. The van der Waals surface area contributed by atoms with E-state index in [0.29, 0.717) is 32.8 Å². The lowest BCUT2D eigenvalue weighted by Gasteiger charge is -2.34. The van der Waals surface area contributed by atoms with Crippen molar-refractivity contribution in [3.8, 4) is 0 Å². The van der Waals surface area contributed by atoms with E-state index in [9.17, 15) is 18.3 Å². The van der Waals surface area contributed by atoms with E-state index in [4.69, 9.17) is 23.2 Å². The Labute approximate surface area is 201 Å². The number of hydrogen-bond donors (Lipinski definition) is 3. The number of hydrogen-bond acceptors (Lipinski definition) is 5. The molecule has 1 aliphatic heterocycles. The van der Waals surface area contributed by atoms with Gasteiger partial charge in [0.2, 0.25) is 0 Å². The second kappa shape index (κ2) is 9.09. The van der Waals surface area contributed by atoms with E-state index in [1.54, 1.807) is 49.4 Å². The zero-order chi connectivity index (χ0) is 23.8. The van der Waals surface area contributed by atoms with Crippen molar-refractivity contribution in [2.45, 2.75) is 24.3 Å². The fourth-order valence-electron chi connectivity index (χ4n) is 3.68. The molecule has 0 aliphatic carbocycles. The Morgan fingerprint density at radius 2 is 1.85 bits per heavy atom. The fraction of sp³-hybridized carbons (Fsp3) is 0.182. The number of pyridine rings is 1. The molecule has 1 unspecified atom stereocenters. The van der Waals surface area contributed by atoms with Gasteiger partial charge in [-0.3, -0.25) is 9.29 Å². The predicted molar refractivity (Wildman–Crippen MR) is 128 cm³/mol. The third kappa shape index (κ3) is 4.85. The molecule has 4 rings (SSSR count). The van der Waals surface area contributed by atoms with E-state index in [2.05, 4.69) is 15.6 Å². The summed E-state index contributed by atoms with van der Waals surface area (Å²) in [4.78, 5) is 15.8.